The van der Waals surface area contributed by atoms with Gasteiger partial charge in [0.1, 0.15) is 5.69 Å². The first kappa shape index (κ1) is 14.2. The molecule has 0 aliphatic carbocycles. The van der Waals surface area contributed by atoms with Crippen LogP contribution in [-0.4, -0.2) is 15.0 Å². The lowest BCUT2D eigenvalue weighted by Crippen LogP contribution is -2.03. The van der Waals surface area contributed by atoms with Crippen molar-refractivity contribution in [1.29, 1.82) is 0 Å². The van der Waals surface area contributed by atoms with Gasteiger partial charge in [0, 0.05) is 5.56 Å². The quantitative estimate of drug-likeness (QED) is 0.789. The maximum Gasteiger partial charge on any atom is 0.159 e. The number of nitrogen functional groups attached to an aromatic ring is 1. The van der Waals surface area contributed by atoms with Crippen LogP contribution in [0.5, 0.6) is 0 Å². The molecular weight excluding hydrogens is 286 g/mol. The average Bonchev–Trinajstić information content (AvgIpc) is 2.87. The average molecular weight is 300 g/mol. The molecule has 4 nitrogen and oxygen atoms in total. The van der Waals surface area contributed by atoms with Gasteiger partial charge in [0.15, 0.2) is 17.5 Å². The molecule has 0 fully saturated rings. The van der Waals surface area contributed by atoms with Gasteiger partial charge < -0.3 is 5.73 Å². The molecule has 1 aromatic heterocycles. The summed E-state index contributed by atoms with van der Waals surface area (Å²) in [6, 6.07) is 9.30. The fourth-order valence-electron chi connectivity index (χ4n) is 2.19. The highest BCUT2D eigenvalue weighted by Gasteiger charge is 2.15. The molecule has 1 heterocycles. The molecule has 0 atom stereocenters. The van der Waals surface area contributed by atoms with Crippen LogP contribution in [0.25, 0.3) is 16.9 Å². The molecule has 3 rings (SSSR count). The molecule has 0 amide bonds. The zero-order valence-corrected chi connectivity index (χ0v) is 12.1. The second-order valence-electron chi connectivity index (χ2n) is 5.13. The normalized spacial score (nSPS) is 10.9. The first-order valence-electron chi connectivity index (χ1n) is 6.71. The lowest BCUT2D eigenvalue weighted by molar-refractivity contribution is 0.509. The van der Waals surface area contributed by atoms with Crippen LogP contribution in [0.3, 0.4) is 0 Å². The van der Waals surface area contributed by atoms with Gasteiger partial charge in [-0.15, -0.1) is 5.10 Å². The van der Waals surface area contributed by atoms with E-state index in [1.807, 2.05) is 32.0 Å². The molecule has 6 heteroatoms. The number of anilines is 1. The molecule has 2 aromatic carbocycles. The van der Waals surface area contributed by atoms with Crippen LogP contribution < -0.4 is 5.73 Å². The summed E-state index contributed by atoms with van der Waals surface area (Å²) in [5, 5.41) is 7.99. The third-order valence-corrected chi connectivity index (χ3v) is 3.63. The Balaban J connectivity index is 2.08. The van der Waals surface area contributed by atoms with E-state index in [-0.39, 0.29) is 5.82 Å². The van der Waals surface area contributed by atoms with E-state index < -0.39 is 11.6 Å². The van der Waals surface area contributed by atoms with E-state index in [9.17, 15) is 8.78 Å². The van der Waals surface area contributed by atoms with Crippen LogP contribution in [0.1, 0.15) is 11.1 Å². The Hall–Kier alpha value is -2.76. The predicted octanol–water partition coefficient (Wildman–Crippen LogP) is 3.41. The number of nitrogens with two attached hydrogens (primary N) is 1. The molecule has 0 saturated heterocycles. The molecule has 0 unspecified atom stereocenters. The highest BCUT2D eigenvalue weighted by molar-refractivity contribution is 5.71. The fraction of sp³-hybridized carbons (Fsp3) is 0.125. The van der Waals surface area contributed by atoms with Crippen LogP contribution in [-0.2, 0) is 0 Å². The third-order valence-electron chi connectivity index (χ3n) is 3.63. The summed E-state index contributed by atoms with van der Waals surface area (Å²) in [5.74, 6) is -1.59. The molecule has 112 valence electrons. The number of nitrogens with zero attached hydrogens (tertiary/aromatic N) is 3. The van der Waals surface area contributed by atoms with Crippen LogP contribution >= 0.6 is 0 Å². The molecule has 0 radical (unpaired) electrons. The van der Waals surface area contributed by atoms with Gasteiger partial charge in [-0.05, 0) is 55.3 Å². The van der Waals surface area contributed by atoms with Gasteiger partial charge in [0.05, 0.1) is 5.69 Å². The Morgan fingerprint density at radius 1 is 0.955 bits per heavy atom. The number of rotatable bonds is 2. The molecule has 22 heavy (non-hydrogen) atoms. The third kappa shape index (κ3) is 2.32. The van der Waals surface area contributed by atoms with Crippen molar-refractivity contribution >= 4 is 5.82 Å². The second-order valence-corrected chi connectivity index (χ2v) is 5.13. The standard InChI is InChI=1S/C16H14F2N4/c1-9-3-5-12(7-10(9)2)22-16(19)15(20-21-22)11-4-6-13(17)14(18)8-11/h3-8H,19H2,1-2H3. The van der Waals surface area contributed by atoms with Gasteiger partial charge >= 0.3 is 0 Å². The highest BCUT2D eigenvalue weighted by Crippen LogP contribution is 2.27. The first-order chi connectivity index (χ1) is 10.5. The van der Waals surface area contributed by atoms with Crippen molar-refractivity contribution < 1.29 is 8.78 Å². The monoisotopic (exact) mass is 300 g/mol. The van der Waals surface area contributed by atoms with E-state index in [0.717, 1.165) is 28.9 Å². The van der Waals surface area contributed by atoms with E-state index in [1.54, 1.807) is 0 Å². The van der Waals surface area contributed by atoms with Gasteiger partial charge in [0.2, 0.25) is 0 Å². The van der Waals surface area contributed by atoms with Gasteiger partial charge in [0.25, 0.3) is 0 Å². The minimum Gasteiger partial charge on any atom is -0.382 e. The summed E-state index contributed by atoms with van der Waals surface area (Å²) < 4.78 is 27.8. The number of hydrogen-bond acceptors (Lipinski definition) is 3. The minimum absolute atomic E-state index is 0.272. The Kier molecular flexibility index (Phi) is 3.36. The van der Waals surface area contributed by atoms with Crippen molar-refractivity contribution in [3.63, 3.8) is 0 Å². The van der Waals surface area contributed by atoms with Crippen LogP contribution in [0.15, 0.2) is 36.4 Å². The van der Waals surface area contributed by atoms with Crippen LogP contribution in [0.4, 0.5) is 14.6 Å². The lowest BCUT2D eigenvalue weighted by Gasteiger charge is -2.06. The second kappa shape index (κ2) is 5.22. The zero-order chi connectivity index (χ0) is 15.9. The number of hydrogen-bond donors (Lipinski definition) is 1. The maximum atomic E-state index is 13.4. The number of aryl methyl sites for hydroxylation is 2. The van der Waals surface area contributed by atoms with E-state index in [0.29, 0.717) is 11.3 Å². The fourth-order valence-corrected chi connectivity index (χ4v) is 2.19. The summed E-state index contributed by atoms with van der Waals surface area (Å²) >= 11 is 0. The summed E-state index contributed by atoms with van der Waals surface area (Å²) in [7, 11) is 0. The van der Waals surface area contributed by atoms with Gasteiger partial charge in [-0.3, -0.25) is 0 Å². The molecule has 0 bridgehead atoms. The summed E-state index contributed by atoms with van der Waals surface area (Å²) in [6.45, 7) is 4.00. The van der Waals surface area contributed by atoms with Gasteiger partial charge in [-0.25, -0.2) is 8.78 Å². The summed E-state index contributed by atoms with van der Waals surface area (Å²) in [4.78, 5) is 0. The van der Waals surface area contributed by atoms with Crippen molar-refractivity contribution in [2.45, 2.75) is 13.8 Å². The molecule has 2 N–H and O–H groups in total. The maximum absolute atomic E-state index is 13.4. The summed E-state index contributed by atoms with van der Waals surface area (Å²) in [5.41, 5.74) is 9.78. The molecule has 3 aromatic rings. The molecule has 0 aliphatic heterocycles. The predicted molar refractivity (Wildman–Crippen MR) is 80.6 cm³/mol. The Morgan fingerprint density at radius 2 is 1.73 bits per heavy atom. The molecule has 0 saturated carbocycles. The van der Waals surface area contributed by atoms with Crippen LogP contribution in [0.2, 0.25) is 0 Å². The topological polar surface area (TPSA) is 56.7 Å². The van der Waals surface area contributed by atoms with Gasteiger partial charge in [-0.2, -0.15) is 4.68 Å². The van der Waals surface area contributed by atoms with E-state index in [4.69, 9.17) is 5.73 Å². The van der Waals surface area contributed by atoms with Crippen LogP contribution in [0, 0.1) is 25.5 Å². The lowest BCUT2D eigenvalue weighted by atomic mass is 10.1. The van der Waals surface area contributed by atoms with Gasteiger partial charge in [-0.1, -0.05) is 11.3 Å². The molecule has 0 aliphatic rings. The van der Waals surface area contributed by atoms with Crippen molar-refractivity contribution in [1.82, 2.24) is 15.0 Å². The van der Waals surface area contributed by atoms with E-state index in [1.165, 1.54) is 10.7 Å². The zero-order valence-electron chi connectivity index (χ0n) is 12.1. The highest BCUT2D eigenvalue weighted by atomic mass is 19.2. The largest absolute Gasteiger partial charge is 0.382 e. The Morgan fingerprint density at radius 3 is 2.41 bits per heavy atom. The van der Waals surface area contributed by atoms with Crippen molar-refractivity contribution in [2.75, 3.05) is 5.73 Å². The summed E-state index contributed by atoms with van der Waals surface area (Å²) in [6.07, 6.45) is 0. The smallest absolute Gasteiger partial charge is 0.159 e. The molecule has 0 spiro atoms. The molecular formula is C16H14F2N4. The Bertz CT molecular complexity index is 786. The number of halogens is 2. The number of aromatic nitrogens is 3. The van der Waals surface area contributed by atoms with E-state index >= 15 is 0 Å². The van der Waals surface area contributed by atoms with Crippen molar-refractivity contribution in [3.05, 3.63) is 59.2 Å². The first-order valence-corrected chi connectivity index (χ1v) is 6.71. The SMILES string of the molecule is Cc1ccc(-n2nnc(-c3ccc(F)c(F)c3)c2N)cc1C. The van der Waals surface area contributed by atoms with Crippen molar-refractivity contribution in [3.8, 4) is 16.9 Å². The Labute approximate surface area is 126 Å². The van der Waals surface area contributed by atoms with E-state index in [2.05, 4.69) is 10.3 Å². The minimum atomic E-state index is -0.947. The number of benzene rings is 2. The van der Waals surface area contributed by atoms with Crippen molar-refractivity contribution in [2.24, 2.45) is 0 Å².